The molecule has 1 saturated heterocycles. The molecule has 4 rings (SSSR count). The Balaban J connectivity index is 1.66. The van der Waals surface area contributed by atoms with Gasteiger partial charge >= 0.3 is 6.09 Å². The number of carbonyl (C=O) groups excluding carboxylic acids is 1. The first-order chi connectivity index (χ1) is 11.7. The minimum absolute atomic E-state index is 0.114. The number of carboxylic acid groups (broad SMARTS) is 1. The first-order valence-corrected chi connectivity index (χ1v) is 8.08. The molecule has 0 spiro atoms. The highest BCUT2D eigenvalue weighted by molar-refractivity contribution is 6.01. The fourth-order valence-corrected chi connectivity index (χ4v) is 3.72. The highest BCUT2D eigenvalue weighted by Gasteiger charge is 2.39. The smallest absolute Gasteiger partial charge is 0.407 e. The van der Waals surface area contributed by atoms with E-state index in [-0.39, 0.29) is 5.91 Å². The average molecular weight is 326 g/mol. The van der Waals surface area contributed by atoms with Gasteiger partial charge in [-0.15, -0.1) is 0 Å². The Hall–Kier alpha value is -2.83. The molecule has 124 valence electrons. The van der Waals surface area contributed by atoms with Gasteiger partial charge in [-0.1, -0.05) is 6.07 Å². The Morgan fingerprint density at radius 3 is 2.79 bits per heavy atom. The molecule has 2 aliphatic rings. The monoisotopic (exact) mass is 326 g/mol. The molecule has 1 aromatic carbocycles. The second-order valence-electron chi connectivity index (χ2n) is 6.12. The molecule has 2 aromatic rings. The Morgan fingerprint density at radius 1 is 1.21 bits per heavy atom. The van der Waals surface area contributed by atoms with Gasteiger partial charge in [0.1, 0.15) is 6.04 Å². The highest BCUT2D eigenvalue weighted by atomic mass is 16.4. The lowest BCUT2D eigenvalue weighted by atomic mass is 10.1. The Morgan fingerprint density at radius 2 is 2.04 bits per heavy atom. The summed E-state index contributed by atoms with van der Waals surface area (Å²) in [6, 6.07) is 5.29. The SMILES string of the molecule is O=C([C@@H]1CCCN1C(=O)O)N1CCc2c1cccc2-n1ccnc1. The van der Waals surface area contributed by atoms with Crippen LogP contribution in [-0.4, -0.2) is 50.7 Å². The minimum atomic E-state index is -1.02. The summed E-state index contributed by atoms with van der Waals surface area (Å²) in [5.74, 6) is -0.114. The molecule has 0 saturated carbocycles. The fraction of sp³-hybridized carbons (Fsp3) is 0.353. The van der Waals surface area contributed by atoms with Crippen molar-refractivity contribution in [2.75, 3.05) is 18.0 Å². The minimum Gasteiger partial charge on any atom is -0.465 e. The first-order valence-electron chi connectivity index (χ1n) is 8.08. The van der Waals surface area contributed by atoms with Crippen LogP contribution in [0.3, 0.4) is 0 Å². The third-order valence-corrected chi connectivity index (χ3v) is 4.83. The van der Waals surface area contributed by atoms with E-state index in [4.69, 9.17) is 0 Å². The van der Waals surface area contributed by atoms with Gasteiger partial charge in [0.25, 0.3) is 0 Å². The predicted octanol–water partition coefficient (Wildman–Crippen LogP) is 1.90. The van der Waals surface area contributed by atoms with Crippen molar-refractivity contribution in [3.63, 3.8) is 0 Å². The van der Waals surface area contributed by atoms with E-state index in [0.717, 1.165) is 29.8 Å². The zero-order valence-electron chi connectivity index (χ0n) is 13.1. The molecule has 7 nitrogen and oxygen atoms in total. The topological polar surface area (TPSA) is 78.7 Å². The van der Waals surface area contributed by atoms with Crippen LogP contribution in [-0.2, 0) is 11.2 Å². The molecule has 24 heavy (non-hydrogen) atoms. The van der Waals surface area contributed by atoms with Crippen molar-refractivity contribution in [1.29, 1.82) is 0 Å². The molecule has 1 fully saturated rings. The summed E-state index contributed by atoms with van der Waals surface area (Å²) in [7, 11) is 0. The van der Waals surface area contributed by atoms with Crippen LogP contribution in [0.4, 0.5) is 10.5 Å². The molecule has 2 amide bonds. The lowest BCUT2D eigenvalue weighted by molar-refractivity contribution is -0.122. The second-order valence-corrected chi connectivity index (χ2v) is 6.12. The molecular weight excluding hydrogens is 308 g/mol. The van der Waals surface area contributed by atoms with Crippen LogP contribution in [0.25, 0.3) is 5.69 Å². The number of fused-ring (bicyclic) bond motifs is 1. The zero-order valence-corrected chi connectivity index (χ0v) is 13.1. The molecular formula is C17H18N4O3. The maximum atomic E-state index is 12.9. The van der Waals surface area contributed by atoms with Gasteiger partial charge < -0.3 is 14.6 Å². The van der Waals surface area contributed by atoms with Crippen LogP contribution < -0.4 is 4.90 Å². The molecule has 1 aromatic heterocycles. The Labute approximate surface area is 139 Å². The quantitative estimate of drug-likeness (QED) is 0.914. The van der Waals surface area contributed by atoms with Gasteiger partial charge in [-0.3, -0.25) is 9.69 Å². The molecule has 3 heterocycles. The van der Waals surface area contributed by atoms with Gasteiger partial charge in [0, 0.05) is 36.7 Å². The van der Waals surface area contributed by atoms with Crippen LogP contribution in [0.15, 0.2) is 36.9 Å². The number of hydrogen-bond donors (Lipinski definition) is 1. The molecule has 1 N–H and O–H groups in total. The predicted molar refractivity (Wildman–Crippen MR) is 87.4 cm³/mol. The molecule has 0 aliphatic carbocycles. The molecule has 0 radical (unpaired) electrons. The maximum absolute atomic E-state index is 12.9. The van der Waals surface area contributed by atoms with E-state index in [2.05, 4.69) is 4.98 Å². The average Bonchev–Trinajstić information content (AvgIpc) is 3.31. The van der Waals surface area contributed by atoms with Crippen LogP contribution in [0.1, 0.15) is 18.4 Å². The molecule has 0 bridgehead atoms. The Kier molecular flexibility index (Phi) is 3.48. The lowest BCUT2D eigenvalue weighted by Gasteiger charge is -2.26. The van der Waals surface area contributed by atoms with Crippen LogP contribution in [0.5, 0.6) is 0 Å². The maximum Gasteiger partial charge on any atom is 0.407 e. The second kappa shape index (κ2) is 5.67. The van der Waals surface area contributed by atoms with E-state index in [1.165, 1.54) is 4.90 Å². The van der Waals surface area contributed by atoms with Crippen LogP contribution >= 0.6 is 0 Å². The van der Waals surface area contributed by atoms with E-state index in [1.54, 1.807) is 17.4 Å². The molecule has 0 unspecified atom stereocenters. The number of imidazole rings is 1. The van der Waals surface area contributed by atoms with E-state index in [1.807, 2.05) is 29.0 Å². The lowest BCUT2D eigenvalue weighted by Crippen LogP contribution is -2.47. The van der Waals surface area contributed by atoms with Crippen molar-refractivity contribution < 1.29 is 14.7 Å². The summed E-state index contributed by atoms with van der Waals surface area (Å²) >= 11 is 0. The third-order valence-electron chi connectivity index (χ3n) is 4.83. The van der Waals surface area contributed by atoms with Crippen molar-refractivity contribution >= 4 is 17.7 Å². The van der Waals surface area contributed by atoms with Gasteiger partial charge in [0.05, 0.1) is 12.0 Å². The fourth-order valence-electron chi connectivity index (χ4n) is 3.72. The number of carbonyl (C=O) groups is 2. The summed E-state index contributed by atoms with van der Waals surface area (Å²) in [5, 5.41) is 9.28. The number of likely N-dealkylation sites (tertiary alicyclic amines) is 1. The van der Waals surface area contributed by atoms with E-state index >= 15 is 0 Å². The summed E-state index contributed by atoms with van der Waals surface area (Å²) in [5.41, 5.74) is 2.99. The number of aromatic nitrogens is 2. The summed E-state index contributed by atoms with van der Waals surface area (Å²) in [6.45, 7) is 1.02. The van der Waals surface area contributed by atoms with Crippen molar-refractivity contribution in [2.24, 2.45) is 0 Å². The number of nitrogens with zero attached hydrogens (tertiary/aromatic N) is 4. The number of amides is 2. The van der Waals surface area contributed by atoms with E-state index < -0.39 is 12.1 Å². The molecule has 2 aliphatic heterocycles. The van der Waals surface area contributed by atoms with Crippen molar-refractivity contribution in [1.82, 2.24) is 14.5 Å². The number of rotatable bonds is 2. The Bertz CT molecular complexity index is 787. The number of anilines is 1. The zero-order chi connectivity index (χ0) is 16.7. The van der Waals surface area contributed by atoms with Gasteiger partial charge in [0.2, 0.25) is 5.91 Å². The van der Waals surface area contributed by atoms with Gasteiger partial charge in [-0.25, -0.2) is 9.78 Å². The number of hydrogen-bond acceptors (Lipinski definition) is 3. The van der Waals surface area contributed by atoms with Gasteiger partial charge in [-0.05, 0) is 31.4 Å². The van der Waals surface area contributed by atoms with Crippen LogP contribution in [0.2, 0.25) is 0 Å². The van der Waals surface area contributed by atoms with Crippen molar-refractivity contribution in [2.45, 2.75) is 25.3 Å². The standard InChI is InChI=1S/C17H18N4O3/c22-16(15-5-2-8-21(15)17(23)24)20-9-6-12-13(3-1-4-14(12)20)19-10-7-18-11-19/h1,3-4,7,10-11,15H,2,5-6,8-9H2,(H,23,24)/t15-/m0/s1. The van der Waals surface area contributed by atoms with E-state index in [0.29, 0.717) is 19.5 Å². The summed E-state index contributed by atoms with van der Waals surface area (Å²) < 4.78 is 1.94. The molecule has 1 atom stereocenters. The third kappa shape index (κ3) is 2.24. The van der Waals surface area contributed by atoms with Gasteiger partial charge in [-0.2, -0.15) is 0 Å². The van der Waals surface area contributed by atoms with Crippen molar-refractivity contribution in [3.8, 4) is 5.69 Å². The normalized spacial score (nSPS) is 19.6. The highest BCUT2D eigenvalue weighted by Crippen LogP contribution is 2.34. The van der Waals surface area contributed by atoms with Crippen LogP contribution in [0, 0.1) is 0 Å². The molecule has 7 heteroatoms. The van der Waals surface area contributed by atoms with Crippen molar-refractivity contribution in [3.05, 3.63) is 42.5 Å². The first kappa shape index (κ1) is 14.7. The summed E-state index contributed by atoms with van der Waals surface area (Å²) in [4.78, 5) is 31.3. The number of benzene rings is 1. The van der Waals surface area contributed by atoms with E-state index in [9.17, 15) is 14.7 Å². The summed E-state index contributed by atoms with van der Waals surface area (Å²) in [6.07, 6.45) is 6.41. The largest absolute Gasteiger partial charge is 0.465 e. The van der Waals surface area contributed by atoms with Gasteiger partial charge in [0.15, 0.2) is 0 Å².